The Hall–Kier alpha value is -2.29. The van der Waals surface area contributed by atoms with Crippen molar-refractivity contribution < 1.29 is 0 Å². The molecule has 1 heterocycles. The van der Waals surface area contributed by atoms with Crippen molar-refractivity contribution in [1.82, 2.24) is 9.55 Å². The minimum Gasteiger partial charge on any atom is -0.305 e. The number of aromatic amines is 1. The van der Waals surface area contributed by atoms with E-state index in [2.05, 4.69) is 4.98 Å². The SMILES string of the molecule is O=c1[nH]c2ccccc2n1-c1ccccc1. The molecule has 3 nitrogen and oxygen atoms in total. The monoisotopic (exact) mass is 210 g/mol. The molecule has 0 aliphatic carbocycles. The average Bonchev–Trinajstić information content (AvgIpc) is 2.66. The van der Waals surface area contributed by atoms with Gasteiger partial charge in [-0.25, -0.2) is 4.79 Å². The molecule has 0 fully saturated rings. The van der Waals surface area contributed by atoms with Crippen LogP contribution in [-0.4, -0.2) is 9.55 Å². The second-order valence-electron chi connectivity index (χ2n) is 3.62. The molecule has 0 spiro atoms. The van der Waals surface area contributed by atoms with E-state index in [9.17, 15) is 4.79 Å². The van der Waals surface area contributed by atoms with Gasteiger partial charge in [-0.3, -0.25) is 4.57 Å². The fraction of sp³-hybridized carbons (Fsp3) is 0. The highest BCUT2D eigenvalue weighted by Gasteiger charge is 2.06. The third-order valence-corrected chi connectivity index (χ3v) is 2.60. The molecular weight excluding hydrogens is 200 g/mol. The zero-order valence-electron chi connectivity index (χ0n) is 8.55. The number of imidazole rings is 1. The summed E-state index contributed by atoms with van der Waals surface area (Å²) in [6, 6.07) is 17.3. The lowest BCUT2D eigenvalue weighted by molar-refractivity contribution is 1.02. The minimum absolute atomic E-state index is 0.104. The Morgan fingerprint density at radius 2 is 1.56 bits per heavy atom. The van der Waals surface area contributed by atoms with Gasteiger partial charge in [-0.1, -0.05) is 30.3 Å². The van der Waals surface area contributed by atoms with Crippen molar-refractivity contribution in [3.8, 4) is 5.69 Å². The van der Waals surface area contributed by atoms with E-state index in [1.807, 2.05) is 54.6 Å². The van der Waals surface area contributed by atoms with Crippen molar-refractivity contribution in [2.45, 2.75) is 0 Å². The first-order valence-corrected chi connectivity index (χ1v) is 5.11. The standard InChI is InChI=1S/C13H10N2O/c16-13-14-11-8-4-5-9-12(11)15(13)10-6-2-1-3-7-10/h1-9H,(H,14,16). The normalized spacial score (nSPS) is 10.8. The quantitative estimate of drug-likeness (QED) is 0.657. The number of aromatic nitrogens is 2. The van der Waals surface area contributed by atoms with Crippen molar-refractivity contribution in [2.75, 3.05) is 0 Å². The number of H-pyrrole nitrogens is 1. The summed E-state index contributed by atoms with van der Waals surface area (Å²) in [7, 11) is 0. The van der Waals surface area contributed by atoms with Crippen LogP contribution < -0.4 is 5.69 Å². The summed E-state index contributed by atoms with van der Waals surface area (Å²) in [6.07, 6.45) is 0. The van der Waals surface area contributed by atoms with Crippen molar-refractivity contribution in [3.05, 3.63) is 65.1 Å². The van der Waals surface area contributed by atoms with Gasteiger partial charge in [-0.05, 0) is 24.3 Å². The van der Waals surface area contributed by atoms with Crippen LogP contribution in [0.1, 0.15) is 0 Å². The number of para-hydroxylation sites is 3. The molecule has 0 aliphatic heterocycles. The van der Waals surface area contributed by atoms with Gasteiger partial charge in [0.05, 0.1) is 16.7 Å². The first-order chi connectivity index (χ1) is 7.86. The van der Waals surface area contributed by atoms with E-state index in [1.165, 1.54) is 0 Å². The fourth-order valence-corrected chi connectivity index (χ4v) is 1.89. The van der Waals surface area contributed by atoms with E-state index in [1.54, 1.807) is 4.57 Å². The lowest BCUT2D eigenvalue weighted by Crippen LogP contribution is -2.14. The maximum absolute atomic E-state index is 11.8. The number of hydrogen-bond acceptors (Lipinski definition) is 1. The van der Waals surface area contributed by atoms with Crippen LogP contribution in [0.25, 0.3) is 16.7 Å². The second kappa shape index (κ2) is 3.38. The summed E-state index contributed by atoms with van der Waals surface area (Å²) in [5.74, 6) is 0. The molecule has 0 atom stereocenters. The lowest BCUT2D eigenvalue weighted by atomic mass is 10.3. The Morgan fingerprint density at radius 1 is 0.875 bits per heavy atom. The summed E-state index contributed by atoms with van der Waals surface area (Å²) < 4.78 is 1.68. The molecule has 0 radical (unpaired) electrons. The van der Waals surface area contributed by atoms with Crippen LogP contribution in [0, 0.1) is 0 Å². The number of hydrogen-bond donors (Lipinski definition) is 1. The van der Waals surface area contributed by atoms with Gasteiger partial charge >= 0.3 is 5.69 Å². The zero-order chi connectivity index (χ0) is 11.0. The third kappa shape index (κ3) is 1.26. The highest BCUT2D eigenvalue weighted by molar-refractivity contribution is 5.77. The molecule has 0 saturated carbocycles. The predicted octanol–water partition coefficient (Wildman–Crippen LogP) is 2.32. The molecule has 2 aromatic carbocycles. The molecule has 1 aromatic heterocycles. The van der Waals surface area contributed by atoms with Gasteiger partial charge in [0.25, 0.3) is 0 Å². The predicted molar refractivity (Wildman–Crippen MR) is 63.9 cm³/mol. The van der Waals surface area contributed by atoms with Gasteiger partial charge in [0.2, 0.25) is 0 Å². The van der Waals surface area contributed by atoms with Crippen LogP contribution in [0.2, 0.25) is 0 Å². The Kier molecular flexibility index (Phi) is 1.90. The molecular formula is C13H10N2O. The molecule has 78 valence electrons. The molecule has 0 unspecified atom stereocenters. The van der Waals surface area contributed by atoms with Gasteiger partial charge in [-0.15, -0.1) is 0 Å². The molecule has 1 N–H and O–H groups in total. The molecule has 0 amide bonds. The molecule has 3 heteroatoms. The van der Waals surface area contributed by atoms with E-state index in [0.717, 1.165) is 16.7 Å². The van der Waals surface area contributed by atoms with Crippen LogP contribution in [0.5, 0.6) is 0 Å². The van der Waals surface area contributed by atoms with Crippen molar-refractivity contribution in [3.63, 3.8) is 0 Å². The topological polar surface area (TPSA) is 37.8 Å². The molecule has 0 bridgehead atoms. The molecule has 3 aromatic rings. The summed E-state index contributed by atoms with van der Waals surface area (Å²) in [5, 5.41) is 0. The number of rotatable bonds is 1. The Labute approximate surface area is 92.0 Å². The highest BCUT2D eigenvalue weighted by atomic mass is 16.1. The highest BCUT2D eigenvalue weighted by Crippen LogP contribution is 2.14. The Balaban J connectivity index is 2.40. The van der Waals surface area contributed by atoms with E-state index in [-0.39, 0.29) is 5.69 Å². The van der Waals surface area contributed by atoms with Crippen LogP contribution in [-0.2, 0) is 0 Å². The number of fused-ring (bicyclic) bond motifs is 1. The first kappa shape index (κ1) is 8.97. The summed E-state index contributed by atoms with van der Waals surface area (Å²) in [4.78, 5) is 14.7. The first-order valence-electron chi connectivity index (χ1n) is 5.11. The molecule has 0 aliphatic rings. The summed E-state index contributed by atoms with van der Waals surface area (Å²) >= 11 is 0. The molecule has 0 saturated heterocycles. The Morgan fingerprint density at radius 3 is 2.38 bits per heavy atom. The van der Waals surface area contributed by atoms with Gasteiger partial charge in [0.15, 0.2) is 0 Å². The van der Waals surface area contributed by atoms with Crippen LogP contribution in [0.3, 0.4) is 0 Å². The largest absolute Gasteiger partial charge is 0.331 e. The van der Waals surface area contributed by atoms with Crippen molar-refractivity contribution in [1.29, 1.82) is 0 Å². The minimum atomic E-state index is -0.104. The second-order valence-corrected chi connectivity index (χ2v) is 3.62. The summed E-state index contributed by atoms with van der Waals surface area (Å²) in [5.41, 5.74) is 2.53. The van der Waals surface area contributed by atoms with Gasteiger partial charge in [0, 0.05) is 0 Å². The molecule has 16 heavy (non-hydrogen) atoms. The van der Waals surface area contributed by atoms with Crippen LogP contribution in [0.4, 0.5) is 0 Å². The maximum atomic E-state index is 11.8. The fourth-order valence-electron chi connectivity index (χ4n) is 1.89. The van der Waals surface area contributed by atoms with Gasteiger partial charge in [0.1, 0.15) is 0 Å². The third-order valence-electron chi connectivity index (χ3n) is 2.60. The maximum Gasteiger partial charge on any atom is 0.331 e. The van der Waals surface area contributed by atoms with Crippen molar-refractivity contribution >= 4 is 11.0 Å². The van der Waals surface area contributed by atoms with E-state index < -0.39 is 0 Å². The van der Waals surface area contributed by atoms with Crippen LogP contribution >= 0.6 is 0 Å². The van der Waals surface area contributed by atoms with Crippen LogP contribution in [0.15, 0.2) is 59.4 Å². The summed E-state index contributed by atoms with van der Waals surface area (Å²) in [6.45, 7) is 0. The number of nitrogens with zero attached hydrogens (tertiary/aromatic N) is 1. The van der Waals surface area contributed by atoms with Crippen molar-refractivity contribution in [2.24, 2.45) is 0 Å². The number of benzene rings is 2. The number of nitrogens with one attached hydrogen (secondary N) is 1. The van der Waals surface area contributed by atoms with E-state index in [0.29, 0.717) is 0 Å². The Bertz CT molecular complexity index is 680. The van der Waals surface area contributed by atoms with Gasteiger partial charge in [-0.2, -0.15) is 0 Å². The average molecular weight is 210 g/mol. The lowest BCUT2D eigenvalue weighted by Gasteiger charge is -2.01. The van der Waals surface area contributed by atoms with E-state index >= 15 is 0 Å². The smallest absolute Gasteiger partial charge is 0.305 e. The zero-order valence-corrected chi connectivity index (χ0v) is 8.55. The molecule has 3 rings (SSSR count). The van der Waals surface area contributed by atoms with E-state index in [4.69, 9.17) is 0 Å². The van der Waals surface area contributed by atoms with Gasteiger partial charge < -0.3 is 4.98 Å².